The van der Waals surface area contributed by atoms with Crippen molar-refractivity contribution in [3.05, 3.63) is 69.6 Å². The predicted octanol–water partition coefficient (Wildman–Crippen LogP) is 4.70. The molecule has 1 aliphatic rings. The molecule has 27 heavy (non-hydrogen) atoms. The lowest BCUT2D eigenvalue weighted by molar-refractivity contribution is -0.384. The Morgan fingerprint density at radius 3 is 2.67 bits per heavy atom. The normalized spacial score (nSPS) is 14.4. The highest BCUT2D eigenvalue weighted by atomic mass is 16.6. The van der Waals surface area contributed by atoms with Gasteiger partial charge in [0.1, 0.15) is 6.04 Å². The van der Waals surface area contributed by atoms with Crippen LogP contribution in [0, 0.1) is 10.1 Å². The summed E-state index contributed by atoms with van der Waals surface area (Å²) in [5.41, 5.74) is 4.60. The highest BCUT2D eigenvalue weighted by molar-refractivity contribution is 5.57. The van der Waals surface area contributed by atoms with E-state index in [1.54, 1.807) is 12.1 Å². The molecule has 0 bridgehead atoms. The molecule has 1 N–H and O–H groups in total. The number of nitrogens with one attached hydrogen (secondary N) is 1. The minimum Gasteiger partial charge on any atom is -0.418 e. The van der Waals surface area contributed by atoms with Crippen molar-refractivity contribution >= 4 is 11.4 Å². The van der Waals surface area contributed by atoms with Crippen molar-refractivity contribution in [2.24, 2.45) is 0 Å². The Morgan fingerprint density at radius 1 is 1.11 bits per heavy atom. The number of hydrogen-bond acceptors (Lipinski definition) is 6. The second-order valence-corrected chi connectivity index (χ2v) is 6.77. The second kappa shape index (κ2) is 7.19. The van der Waals surface area contributed by atoms with Gasteiger partial charge in [-0.25, -0.2) is 0 Å². The average Bonchev–Trinajstić information content (AvgIpc) is 3.19. The summed E-state index contributed by atoms with van der Waals surface area (Å²) < 4.78 is 5.79. The summed E-state index contributed by atoms with van der Waals surface area (Å²) in [6.45, 7) is 1.98. The van der Waals surface area contributed by atoms with Crippen LogP contribution in [0.3, 0.4) is 0 Å². The van der Waals surface area contributed by atoms with E-state index in [0.717, 1.165) is 18.5 Å². The molecule has 2 aromatic carbocycles. The van der Waals surface area contributed by atoms with E-state index in [1.165, 1.54) is 36.1 Å². The van der Waals surface area contributed by atoms with E-state index in [1.807, 2.05) is 6.92 Å². The molecule has 0 amide bonds. The standard InChI is InChI=1S/C20H20N4O3/c1-13(21-18-8-4-6-14-5-2-3-7-17(14)18)19-22-23-20(27-19)15-9-11-16(12-10-15)24(25)26/h4,6,8-13,21H,2-3,5,7H2,1H3. The zero-order valence-corrected chi connectivity index (χ0v) is 15.0. The minimum atomic E-state index is -0.435. The maximum absolute atomic E-state index is 10.8. The number of aromatic nitrogens is 2. The van der Waals surface area contributed by atoms with Crippen molar-refractivity contribution in [2.45, 2.75) is 38.6 Å². The van der Waals surface area contributed by atoms with Gasteiger partial charge in [0.25, 0.3) is 5.69 Å². The van der Waals surface area contributed by atoms with E-state index in [0.29, 0.717) is 17.3 Å². The van der Waals surface area contributed by atoms with Crippen LogP contribution in [-0.4, -0.2) is 15.1 Å². The highest BCUT2D eigenvalue weighted by Gasteiger charge is 2.19. The molecule has 4 rings (SSSR count). The first kappa shape index (κ1) is 17.2. The molecular formula is C20H20N4O3. The van der Waals surface area contributed by atoms with Gasteiger partial charge in [-0.2, -0.15) is 0 Å². The molecule has 0 saturated carbocycles. The Morgan fingerprint density at radius 2 is 1.89 bits per heavy atom. The van der Waals surface area contributed by atoms with Gasteiger partial charge in [-0.1, -0.05) is 12.1 Å². The number of benzene rings is 2. The van der Waals surface area contributed by atoms with E-state index >= 15 is 0 Å². The van der Waals surface area contributed by atoms with Crippen LogP contribution in [0.25, 0.3) is 11.5 Å². The van der Waals surface area contributed by atoms with E-state index in [-0.39, 0.29) is 11.7 Å². The van der Waals surface area contributed by atoms with Crippen LogP contribution in [0.15, 0.2) is 46.9 Å². The fourth-order valence-corrected chi connectivity index (χ4v) is 3.46. The van der Waals surface area contributed by atoms with Gasteiger partial charge >= 0.3 is 0 Å². The van der Waals surface area contributed by atoms with Gasteiger partial charge in [0.2, 0.25) is 11.8 Å². The lowest BCUT2D eigenvalue weighted by atomic mass is 9.90. The van der Waals surface area contributed by atoms with E-state index in [2.05, 4.69) is 33.7 Å². The molecule has 1 heterocycles. The second-order valence-electron chi connectivity index (χ2n) is 6.77. The van der Waals surface area contributed by atoms with Gasteiger partial charge in [0, 0.05) is 23.4 Å². The van der Waals surface area contributed by atoms with Crippen LogP contribution in [-0.2, 0) is 12.8 Å². The maximum atomic E-state index is 10.8. The van der Waals surface area contributed by atoms with E-state index in [4.69, 9.17) is 4.42 Å². The quantitative estimate of drug-likeness (QED) is 0.521. The topological polar surface area (TPSA) is 94.1 Å². The fourth-order valence-electron chi connectivity index (χ4n) is 3.46. The van der Waals surface area contributed by atoms with Crippen LogP contribution in [0.2, 0.25) is 0 Å². The van der Waals surface area contributed by atoms with Crippen molar-refractivity contribution in [3.63, 3.8) is 0 Å². The Bertz CT molecular complexity index is 966. The number of aryl methyl sites for hydroxylation is 1. The summed E-state index contributed by atoms with van der Waals surface area (Å²) in [5.74, 6) is 0.834. The Balaban J connectivity index is 1.52. The van der Waals surface area contributed by atoms with Crippen molar-refractivity contribution in [1.29, 1.82) is 0 Å². The summed E-state index contributed by atoms with van der Waals surface area (Å²) in [6, 6.07) is 12.3. The van der Waals surface area contributed by atoms with E-state index < -0.39 is 4.92 Å². The number of hydrogen-bond donors (Lipinski definition) is 1. The van der Waals surface area contributed by atoms with Crippen LogP contribution in [0.1, 0.15) is 42.8 Å². The summed E-state index contributed by atoms with van der Waals surface area (Å²) in [5, 5.41) is 22.5. The molecule has 138 valence electrons. The minimum absolute atomic E-state index is 0.0300. The summed E-state index contributed by atoms with van der Waals surface area (Å²) in [6.07, 6.45) is 4.67. The molecule has 7 nitrogen and oxygen atoms in total. The summed E-state index contributed by atoms with van der Waals surface area (Å²) in [7, 11) is 0. The van der Waals surface area contributed by atoms with Gasteiger partial charge in [0.15, 0.2) is 0 Å². The number of nitrogens with zero attached hydrogens (tertiary/aromatic N) is 3. The van der Waals surface area contributed by atoms with Crippen LogP contribution in [0.5, 0.6) is 0 Å². The van der Waals surface area contributed by atoms with Crippen molar-refractivity contribution < 1.29 is 9.34 Å². The Hall–Kier alpha value is -3.22. The smallest absolute Gasteiger partial charge is 0.269 e. The van der Waals surface area contributed by atoms with Gasteiger partial charge in [-0.15, -0.1) is 10.2 Å². The van der Waals surface area contributed by atoms with E-state index in [9.17, 15) is 10.1 Å². The first-order valence-corrected chi connectivity index (χ1v) is 9.07. The zero-order valence-electron chi connectivity index (χ0n) is 15.0. The average molecular weight is 364 g/mol. The van der Waals surface area contributed by atoms with Crippen LogP contribution in [0.4, 0.5) is 11.4 Å². The molecule has 0 spiro atoms. The van der Waals surface area contributed by atoms with Crippen molar-refractivity contribution in [2.75, 3.05) is 5.32 Å². The van der Waals surface area contributed by atoms with Crippen molar-refractivity contribution in [3.8, 4) is 11.5 Å². The number of nitro benzene ring substituents is 1. The molecule has 0 aliphatic heterocycles. The molecule has 1 aliphatic carbocycles. The SMILES string of the molecule is CC(Nc1cccc2c1CCCC2)c1nnc(-c2ccc([N+](=O)[O-])cc2)o1. The zero-order chi connectivity index (χ0) is 18.8. The molecule has 0 saturated heterocycles. The Labute approximate surface area is 156 Å². The molecule has 1 aromatic heterocycles. The van der Waals surface area contributed by atoms with Gasteiger partial charge in [0.05, 0.1) is 4.92 Å². The van der Waals surface area contributed by atoms with Crippen molar-refractivity contribution in [1.82, 2.24) is 10.2 Å². The largest absolute Gasteiger partial charge is 0.418 e. The third kappa shape index (κ3) is 3.53. The summed E-state index contributed by atoms with van der Waals surface area (Å²) >= 11 is 0. The van der Waals surface area contributed by atoms with Crippen LogP contribution < -0.4 is 5.32 Å². The molecular weight excluding hydrogens is 344 g/mol. The third-order valence-corrected chi connectivity index (χ3v) is 4.90. The lowest BCUT2D eigenvalue weighted by Crippen LogP contribution is -2.12. The molecule has 0 fully saturated rings. The number of nitro groups is 1. The summed E-state index contributed by atoms with van der Waals surface area (Å²) in [4.78, 5) is 10.3. The number of anilines is 1. The Kier molecular flexibility index (Phi) is 4.58. The predicted molar refractivity (Wildman–Crippen MR) is 102 cm³/mol. The fraction of sp³-hybridized carbons (Fsp3) is 0.300. The third-order valence-electron chi connectivity index (χ3n) is 4.90. The monoisotopic (exact) mass is 364 g/mol. The molecule has 1 atom stereocenters. The first-order chi connectivity index (χ1) is 13.1. The van der Waals surface area contributed by atoms with Gasteiger partial charge < -0.3 is 9.73 Å². The number of fused-ring (bicyclic) bond motifs is 1. The first-order valence-electron chi connectivity index (χ1n) is 9.07. The van der Waals surface area contributed by atoms with Gasteiger partial charge in [-0.3, -0.25) is 10.1 Å². The molecule has 0 radical (unpaired) electrons. The number of rotatable bonds is 5. The molecule has 3 aromatic rings. The lowest BCUT2D eigenvalue weighted by Gasteiger charge is -2.21. The maximum Gasteiger partial charge on any atom is 0.269 e. The highest BCUT2D eigenvalue weighted by Crippen LogP contribution is 2.31. The molecule has 7 heteroatoms. The van der Waals surface area contributed by atoms with Gasteiger partial charge in [-0.05, 0) is 61.9 Å². The molecule has 1 unspecified atom stereocenters. The number of non-ortho nitro benzene ring substituents is 1. The van der Waals surface area contributed by atoms with Crippen LogP contribution >= 0.6 is 0 Å².